The molecule has 2 aliphatic heterocycles. The lowest BCUT2D eigenvalue weighted by Gasteiger charge is -2.48. The summed E-state index contributed by atoms with van der Waals surface area (Å²) in [5.41, 5.74) is 34.3. The van der Waals surface area contributed by atoms with Gasteiger partial charge in [-0.15, -0.1) is 0 Å². The maximum absolute atomic E-state index is 2.77. The Hall–Kier alpha value is -6.78. The molecule has 0 bridgehead atoms. The topological polar surface area (TPSA) is 9.72 Å². The molecular formula is C85H102BN3. The number of rotatable bonds is 5. The highest BCUT2D eigenvalue weighted by Gasteiger charge is 2.49. The van der Waals surface area contributed by atoms with Crippen LogP contribution in [-0.4, -0.2) is 6.71 Å². The number of nitrogens with zero attached hydrogens (tertiary/aromatic N) is 3. The third kappa shape index (κ3) is 9.62. The molecule has 0 radical (unpaired) electrons. The van der Waals surface area contributed by atoms with E-state index in [4.69, 9.17) is 0 Å². The SMILES string of the molecule is Cc1cc(C(C)(C)C)ccc1N(c1ccc2c(c1)N(c1cccc3c1-c1ccc(C(C)(C)C)cc1C3(C)C)c1cc(C(C)(C)C)cc3c1B2c1cc2c(cc1N3c1ccc3c(c1)C(C)(C)CCC3(C)C)C(C)(C)CCC2(C)C)c1ccc(C(C)(C)C)cc1C. The van der Waals surface area contributed by atoms with E-state index in [0.717, 1.165) is 24.9 Å². The zero-order valence-corrected chi connectivity index (χ0v) is 58.9. The molecule has 0 fully saturated rings. The van der Waals surface area contributed by atoms with Crippen molar-refractivity contribution in [2.45, 2.75) is 241 Å². The van der Waals surface area contributed by atoms with Crippen molar-refractivity contribution in [3.05, 3.63) is 200 Å². The van der Waals surface area contributed by atoms with Crippen molar-refractivity contribution in [2.75, 3.05) is 14.7 Å². The highest BCUT2D eigenvalue weighted by molar-refractivity contribution is 7.00. The van der Waals surface area contributed by atoms with E-state index in [9.17, 15) is 0 Å². The number of fused-ring (bicyclic) bond motifs is 9. The molecule has 460 valence electrons. The molecule has 8 aromatic rings. The van der Waals surface area contributed by atoms with Crippen molar-refractivity contribution in [2.24, 2.45) is 0 Å². The number of anilines is 9. The monoisotopic (exact) mass is 1180 g/mol. The first-order valence-corrected chi connectivity index (χ1v) is 33.8. The summed E-state index contributed by atoms with van der Waals surface area (Å²) in [5.74, 6) is 0. The zero-order valence-electron chi connectivity index (χ0n) is 58.9. The smallest absolute Gasteiger partial charge is 0.252 e. The minimum atomic E-state index is -0.230. The van der Waals surface area contributed by atoms with Crippen LogP contribution in [0, 0.1) is 13.8 Å². The Balaban J connectivity index is 1.18. The lowest BCUT2D eigenvalue weighted by molar-refractivity contribution is 0.332. The van der Waals surface area contributed by atoms with Gasteiger partial charge >= 0.3 is 0 Å². The maximum Gasteiger partial charge on any atom is 0.252 e. The van der Waals surface area contributed by atoms with E-state index in [1.807, 2.05) is 0 Å². The lowest BCUT2D eigenvalue weighted by atomic mass is 9.33. The Morgan fingerprint density at radius 1 is 0.371 bits per heavy atom. The van der Waals surface area contributed by atoms with Gasteiger partial charge in [0.25, 0.3) is 6.71 Å². The Bertz CT molecular complexity index is 4200. The molecule has 3 aliphatic carbocycles. The first kappa shape index (κ1) is 61.1. The summed E-state index contributed by atoms with van der Waals surface area (Å²) in [6, 6.07) is 55.0. The van der Waals surface area contributed by atoms with Crippen molar-refractivity contribution < 1.29 is 0 Å². The predicted octanol–water partition coefficient (Wildman–Crippen LogP) is 22.1. The molecule has 89 heavy (non-hydrogen) atoms. The van der Waals surface area contributed by atoms with Gasteiger partial charge in [-0.3, -0.25) is 0 Å². The van der Waals surface area contributed by atoms with Crippen LogP contribution in [0.4, 0.5) is 51.2 Å². The maximum atomic E-state index is 2.77. The van der Waals surface area contributed by atoms with E-state index in [1.165, 1.54) is 146 Å². The molecule has 0 atom stereocenters. The van der Waals surface area contributed by atoms with Gasteiger partial charge in [0.15, 0.2) is 0 Å². The molecule has 4 heteroatoms. The molecule has 0 amide bonds. The quantitative estimate of drug-likeness (QED) is 0.159. The third-order valence-corrected chi connectivity index (χ3v) is 22.6. The summed E-state index contributed by atoms with van der Waals surface area (Å²) in [7, 11) is 0. The molecule has 5 aliphatic rings. The fraction of sp³-hybridized carbons (Fsp3) is 0.435. The molecule has 0 saturated carbocycles. The van der Waals surface area contributed by atoms with Gasteiger partial charge in [-0.25, -0.2) is 0 Å². The van der Waals surface area contributed by atoms with Gasteiger partial charge in [0.05, 0.1) is 5.69 Å². The summed E-state index contributed by atoms with van der Waals surface area (Å²) in [4.78, 5) is 8.11. The highest BCUT2D eigenvalue weighted by Crippen LogP contribution is 2.58. The Morgan fingerprint density at radius 3 is 1.39 bits per heavy atom. The van der Waals surface area contributed by atoms with Gasteiger partial charge in [-0.2, -0.15) is 0 Å². The van der Waals surface area contributed by atoms with E-state index in [-0.39, 0.29) is 55.4 Å². The summed E-state index contributed by atoms with van der Waals surface area (Å²) in [6.07, 6.45) is 4.65. The van der Waals surface area contributed by atoms with E-state index in [2.05, 4.69) is 314 Å². The van der Waals surface area contributed by atoms with Crippen LogP contribution in [0.3, 0.4) is 0 Å². The van der Waals surface area contributed by atoms with E-state index >= 15 is 0 Å². The van der Waals surface area contributed by atoms with Crippen molar-refractivity contribution >= 4 is 74.3 Å². The van der Waals surface area contributed by atoms with Gasteiger partial charge < -0.3 is 14.7 Å². The average molecular weight is 1180 g/mol. The van der Waals surface area contributed by atoms with E-state index < -0.39 is 0 Å². The summed E-state index contributed by atoms with van der Waals surface area (Å²) < 4.78 is 0. The molecule has 3 nitrogen and oxygen atoms in total. The van der Waals surface area contributed by atoms with Gasteiger partial charge in [0, 0.05) is 56.5 Å². The van der Waals surface area contributed by atoms with Crippen LogP contribution in [0.15, 0.2) is 133 Å². The van der Waals surface area contributed by atoms with Gasteiger partial charge in [0.1, 0.15) is 0 Å². The van der Waals surface area contributed by atoms with Crippen molar-refractivity contribution in [3.63, 3.8) is 0 Å². The molecule has 0 saturated heterocycles. The molecule has 13 rings (SSSR count). The Morgan fingerprint density at radius 2 is 0.854 bits per heavy atom. The van der Waals surface area contributed by atoms with E-state index in [0.29, 0.717) is 0 Å². The minimum Gasteiger partial charge on any atom is -0.311 e. The van der Waals surface area contributed by atoms with Crippen molar-refractivity contribution in [1.29, 1.82) is 0 Å². The highest BCUT2D eigenvalue weighted by atomic mass is 15.2. The average Bonchev–Trinajstić information content (AvgIpc) is 1.31. The van der Waals surface area contributed by atoms with Crippen LogP contribution in [-0.2, 0) is 48.7 Å². The molecule has 0 unspecified atom stereocenters. The molecule has 8 aromatic carbocycles. The Labute approximate surface area is 537 Å². The third-order valence-electron chi connectivity index (χ3n) is 22.6. The number of hydrogen-bond donors (Lipinski definition) is 0. The summed E-state index contributed by atoms with van der Waals surface area (Å²) >= 11 is 0. The normalized spacial score (nSPS) is 18.1. The zero-order chi connectivity index (χ0) is 64.2. The van der Waals surface area contributed by atoms with E-state index in [1.54, 1.807) is 0 Å². The van der Waals surface area contributed by atoms with Gasteiger partial charge in [-0.05, 0) is 232 Å². The number of benzene rings is 8. The van der Waals surface area contributed by atoms with Crippen LogP contribution >= 0.6 is 0 Å². The number of aryl methyl sites for hydroxylation is 2. The van der Waals surface area contributed by atoms with Crippen LogP contribution < -0.4 is 31.1 Å². The fourth-order valence-electron chi connectivity index (χ4n) is 16.4. The van der Waals surface area contributed by atoms with Crippen molar-refractivity contribution in [3.8, 4) is 11.1 Å². The fourth-order valence-corrected chi connectivity index (χ4v) is 16.4. The lowest BCUT2D eigenvalue weighted by Crippen LogP contribution is -2.62. The van der Waals surface area contributed by atoms with Crippen LogP contribution in [0.5, 0.6) is 0 Å². The van der Waals surface area contributed by atoms with Gasteiger partial charge in [-0.1, -0.05) is 225 Å². The largest absolute Gasteiger partial charge is 0.311 e. The molecule has 0 spiro atoms. The van der Waals surface area contributed by atoms with Crippen LogP contribution in [0.1, 0.15) is 245 Å². The standard InChI is InChI=1S/C85H102BN3/c1-51-42-53(77(3,4)5)29-36-68(51)87(69-37-30-54(43-52(69)2)78(6,7)8)58-32-35-66-71(48-58)89(70-27-25-26-61-75(70)59-33-28-55(79(9,10)11)44-62(59)85(61,23)24)74-46-56(80(12,13)14)45-73-76(74)86(66)67-49-64-65(84(21,22)41-40-83(64,19)20)50-72(67)88(73)57-31-34-60-63(47-57)82(17,18)39-38-81(60,15)16/h25-37,42-50H,38-41H2,1-24H3. The van der Waals surface area contributed by atoms with Crippen LogP contribution in [0.2, 0.25) is 0 Å². The molecular weight excluding hydrogens is 1070 g/mol. The molecule has 2 heterocycles. The summed E-state index contributed by atoms with van der Waals surface area (Å²) in [6.45, 7) is 57.8. The first-order chi connectivity index (χ1) is 41.2. The second-order valence-electron chi connectivity index (χ2n) is 35.4. The van der Waals surface area contributed by atoms with Crippen LogP contribution in [0.25, 0.3) is 11.1 Å². The molecule has 0 N–H and O–H groups in total. The number of hydrogen-bond acceptors (Lipinski definition) is 3. The van der Waals surface area contributed by atoms with Gasteiger partial charge in [0.2, 0.25) is 0 Å². The molecule has 0 aromatic heterocycles. The predicted molar refractivity (Wildman–Crippen MR) is 388 cm³/mol. The summed E-state index contributed by atoms with van der Waals surface area (Å²) in [5, 5.41) is 0. The second-order valence-corrected chi connectivity index (χ2v) is 35.4. The van der Waals surface area contributed by atoms with Crippen molar-refractivity contribution in [1.82, 2.24) is 0 Å². The first-order valence-electron chi connectivity index (χ1n) is 33.8. The Kier molecular flexibility index (Phi) is 13.5. The minimum absolute atomic E-state index is 0.00231. The second kappa shape index (κ2) is 19.6.